The van der Waals surface area contributed by atoms with Gasteiger partial charge in [-0.05, 0) is 19.1 Å². The minimum absolute atomic E-state index is 0.0633. The molecular weight excluding hydrogens is 316 g/mol. The second-order valence-corrected chi connectivity index (χ2v) is 6.35. The molecule has 0 aromatic heterocycles. The van der Waals surface area contributed by atoms with Crippen molar-refractivity contribution in [1.29, 1.82) is 0 Å². The number of non-ortho nitro benzene ring substituents is 1. The second kappa shape index (κ2) is 6.53. The van der Waals surface area contributed by atoms with Gasteiger partial charge < -0.3 is 10.4 Å². The molecule has 1 saturated carbocycles. The lowest BCUT2D eigenvalue weighted by molar-refractivity contribution is -0.384. The largest absolute Gasteiger partial charge is 0.478 e. The maximum Gasteiger partial charge on any atom is 0.338 e. The quantitative estimate of drug-likeness (QED) is 0.632. The van der Waals surface area contributed by atoms with Crippen LogP contribution in [0.4, 0.5) is 11.4 Å². The highest BCUT2D eigenvalue weighted by molar-refractivity contribution is 7.99. The zero-order valence-corrected chi connectivity index (χ0v) is 12.9. The first-order valence-corrected chi connectivity index (χ1v) is 8.11. The van der Waals surface area contributed by atoms with Gasteiger partial charge in [-0.2, -0.15) is 11.8 Å². The summed E-state index contributed by atoms with van der Waals surface area (Å²) in [7, 11) is 0. The smallest absolute Gasteiger partial charge is 0.338 e. The van der Waals surface area contributed by atoms with Gasteiger partial charge in [-0.3, -0.25) is 10.1 Å². The van der Waals surface area contributed by atoms with Crippen LogP contribution >= 0.6 is 23.4 Å². The van der Waals surface area contributed by atoms with E-state index in [1.807, 2.05) is 6.26 Å². The number of halogens is 1. The van der Waals surface area contributed by atoms with Gasteiger partial charge in [0, 0.05) is 23.4 Å². The Morgan fingerprint density at radius 2 is 2.24 bits per heavy atom. The maximum atomic E-state index is 11.3. The number of hydrogen-bond acceptors (Lipinski definition) is 5. The van der Waals surface area contributed by atoms with Gasteiger partial charge in [-0.15, -0.1) is 0 Å². The Labute approximate surface area is 131 Å². The molecule has 2 unspecified atom stereocenters. The zero-order valence-electron chi connectivity index (χ0n) is 11.3. The third-order valence-corrected chi connectivity index (χ3v) is 5.07. The number of carbonyl (C=O) groups is 1. The molecule has 1 aromatic rings. The number of nitrogens with zero attached hydrogens (tertiary/aromatic N) is 1. The van der Waals surface area contributed by atoms with Gasteiger partial charge in [-0.1, -0.05) is 18.0 Å². The summed E-state index contributed by atoms with van der Waals surface area (Å²) in [6.45, 7) is 0. The van der Waals surface area contributed by atoms with Gasteiger partial charge in [0.1, 0.15) is 0 Å². The Bertz CT molecular complexity index is 582. The average molecular weight is 331 g/mol. The standard InChI is InChI=1S/C13H15ClN2O4S/c1-21-11-4-2-3-10(11)15-12-8(13(17)18)5-7(16(19)20)6-9(12)14/h5-6,10-11,15H,2-4H2,1H3,(H,17,18). The van der Waals surface area contributed by atoms with Crippen molar-refractivity contribution in [1.82, 2.24) is 0 Å². The summed E-state index contributed by atoms with van der Waals surface area (Å²) in [5.41, 5.74) is -0.225. The molecule has 2 rings (SSSR count). The second-order valence-electron chi connectivity index (χ2n) is 4.87. The molecule has 0 bridgehead atoms. The molecule has 0 heterocycles. The van der Waals surface area contributed by atoms with E-state index >= 15 is 0 Å². The van der Waals surface area contributed by atoms with Crippen LogP contribution in [0.1, 0.15) is 29.6 Å². The van der Waals surface area contributed by atoms with Crippen molar-refractivity contribution in [2.45, 2.75) is 30.6 Å². The van der Waals surface area contributed by atoms with Crippen molar-refractivity contribution < 1.29 is 14.8 Å². The Hall–Kier alpha value is -1.47. The number of nitrogens with one attached hydrogen (secondary N) is 1. The predicted octanol–water partition coefficient (Wildman–Crippen LogP) is 3.64. The molecule has 1 fully saturated rings. The number of nitro groups is 1. The van der Waals surface area contributed by atoms with Gasteiger partial charge in [0.05, 0.1) is 21.2 Å². The first kappa shape index (κ1) is 15.9. The van der Waals surface area contributed by atoms with Crippen LogP contribution in [0.15, 0.2) is 12.1 Å². The van der Waals surface area contributed by atoms with Gasteiger partial charge in [0.15, 0.2) is 0 Å². The lowest BCUT2D eigenvalue weighted by atomic mass is 10.1. The lowest BCUT2D eigenvalue weighted by Crippen LogP contribution is -2.27. The maximum absolute atomic E-state index is 11.3. The topological polar surface area (TPSA) is 92.5 Å². The van der Waals surface area contributed by atoms with Crippen LogP contribution in [0, 0.1) is 10.1 Å². The number of anilines is 1. The Kier molecular flexibility index (Phi) is 4.95. The Balaban J connectivity index is 2.38. The summed E-state index contributed by atoms with van der Waals surface area (Å²) in [5, 5.41) is 23.7. The van der Waals surface area contributed by atoms with Crippen molar-refractivity contribution in [3.8, 4) is 0 Å². The minimum Gasteiger partial charge on any atom is -0.478 e. The summed E-state index contributed by atoms with van der Waals surface area (Å²) in [6, 6.07) is 2.34. The fourth-order valence-electron chi connectivity index (χ4n) is 2.57. The molecule has 0 amide bonds. The highest BCUT2D eigenvalue weighted by Gasteiger charge is 2.29. The summed E-state index contributed by atoms with van der Waals surface area (Å²) in [4.78, 5) is 21.5. The average Bonchev–Trinajstić information content (AvgIpc) is 2.87. The van der Waals surface area contributed by atoms with Crippen LogP contribution < -0.4 is 5.32 Å². The molecular formula is C13H15ClN2O4S. The van der Waals surface area contributed by atoms with Crippen LogP contribution in [0.2, 0.25) is 5.02 Å². The van der Waals surface area contributed by atoms with Gasteiger partial charge in [0.25, 0.3) is 5.69 Å². The number of aromatic carboxylic acids is 1. The highest BCUT2D eigenvalue weighted by atomic mass is 35.5. The molecule has 0 spiro atoms. The van der Waals surface area contributed by atoms with Crippen molar-refractivity contribution in [2.75, 3.05) is 11.6 Å². The summed E-state index contributed by atoms with van der Waals surface area (Å²) >= 11 is 7.78. The number of carboxylic acids is 1. The van der Waals surface area contributed by atoms with Crippen LogP contribution in [-0.4, -0.2) is 33.5 Å². The number of hydrogen-bond donors (Lipinski definition) is 2. The SMILES string of the molecule is CSC1CCCC1Nc1c(Cl)cc([N+](=O)[O-])cc1C(=O)O. The molecule has 0 radical (unpaired) electrons. The molecule has 1 aliphatic rings. The minimum atomic E-state index is -1.23. The Morgan fingerprint density at radius 3 is 2.81 bits per heavy atom. The van der Waals surface area contributed by atoms with E-state index < -0.39 is 10.9 Å². The third-order valence-electron chi connectivity index (χ3n) is 3.60. The Morgan fingerprint density at radius 1 is 1.52 bits per heavy atom. The summed E-state index contributed by atoms with van der Waals surface area (Å²) < 4.78 is 0. The summed E-state index contributed by atoms with van der Waals surface area (Å²) in [5.74, 6) is -1.23. The fourth-order valence-corrected chi connectivity index (χ4v) is 3.77. The first-order chi connectivity index (χ1) is 9.93. The van der Waals surface area contributed by atoms with E-state index in [-0.39, 0.29) is 28.0 Å². The third kappa shape index (κ3) is 3.41. The fraction of sp³-hybridized carbons (Fsp3) is 0.462. The van der Waals surface area contributed by atoms with Crippen molar-refractivity contribution in [2.24, 2.45) is 0 Å². The van der Waals surface area contributed by atoms with E-state index in [9.17, 15) is 20.0 Å². The number of nitro benzene ring substituents is 1. The number of benzene rings is 1. The molecule has 1 aromatic carbocycles. The summed E-state index contributed by atoms with van der Waals surface area (Å²) in [6.07, 6.45) is 5.07. The van der Waals surface area contributed by atoms with Crippen molar-refractivity contribution in [3.63, 3.8) is 0 Å². The normalized spacial score (nSPS) is 21.2. The van der Waals surface area contributed by atoms with E-state index in [0.29, 0.717) is 5.25 Å². The van der Waals surface area contributed by atoms with E-state index in [1.54, 1.807) is 11.8 Å². The van der Waals surface area contributed by atoms with Crippen LogP contribution in [0.25, 0.3) is 0 Å². The van der Waals surface area contributed by atoms with Gasteiger partial charge in [0.2, 0.25) is 0 Å². The molecule has 6 nitrogen and oxygen atoms in total. The molecule has 1 aliphatic carbocycles. The number of carboxylic acid groups (broad SMARTS) is 1. The van der Waals surface area contributed by atoms with Crippen molar-refractivity contribution in [3.05, 3.63) is 32.8 Å². The van der Waals surface area contributed by atoms with E-state index in [4.69, 9.17) is 11.6 Å². The zero-order chi connectivity index (χ0) is 15.6. The van der Waals surface area contributed by atoms with E-state index in [1.165, 1.54) is 6.07 Å². The molecule has 2 atom stereocenters. The molecule has 8 heteroatoms. The molecule has 2 N–H and O–H groups in total. The monoisotopic (exact) mass is 330 g/mol. The van der Waals surface area contributed by atoms with E-state index in [2.05, 4.69) is 5.32 Å². The van der Waals surface area contributed by atoms with Gasteiger partial charge in [-0.25, -0.2) is 4.79 Å². The first-order valence-electron chi connectivity index (χ1n) is 6.44. The lowest BCUT2D eigenvalue weighted by Gasteiger charge is -2.22. The van der Waals surface area contributed by atoms with E-state index in [0.717, 1.165) is 25.3 Å². The highest BCUT2D eigenvalue weighted by Crippen LogP contribution is 2.36. The molecule has 114 valence electrons. The van der Waals surface area contributed by atoms with Crippen LogP contribution in [-0.2, 0) is 0 Å². The number of thioether (sulfide) groups is 1. The van der Waals surface area contributed by atoms with Crippen LogP contribution in [0.5, 0.6) is 0 Å². The molecule has 0 saturated heterocycles. The molecule has 21 heavy (non-hydrogen) atoms. The number of rotatable bonds is 5. The van der Waals surface area contributed by atoms with Crippen LogP contribution in [0.3, 0.4) is 0 Å². The molecule has 0 aliphatic heterocycles. The van der Waals surface area contributed by atoms with Crippen molar-refractivity contribution >= 4 is 40.7 Å². The predicted molar refractivity (Wildman–Crippen MR) is 83.6 cm³/mol. The van der Waals surface area contributed by atoms with Gasteiger partial charge >= 0.3 is 5.97 Å².